The zero-order valence-corrected chi connectivity index (χ0v) is 14.3. The number of carbonyl (C=O) groups is 1. The number of rotatable bonds is 5. The molecule has 0 aliphatic carbocycles. The number of nitrogens with zero attached hydrogens (tertiary/aromatic N) is 1. The van der Waals surface area contributed by atoms with Crippen molar-refractivity contribution in [3.8, 4) is 0 Å². The molecule has 2 aromatic carbocycles. The Bertz CT molecular complexity index is 789. The minimum absolute atomic E-state index is 0.200. The van der Waals surface area contributed by atoms with Crippen LogP contribution in [0.25, 0.3) is 0 Å². The summed E-state index contributed by atoms with van der Waals surface area (Å²) >= 11 is 3.22. The topological polar surface area (TPSA) is 54.6 Å². The summed E-state index contributed by atoms with van der Waals surface area (Å²) < 4.78 is 5.92. The van der Waals surface area contributed by atoms with Gasteiger partial charge in [-0.2, -0.15) is 5.10 Å². The maximum Gasteiger partial charge on any atom is 0.252 e. The molecule has 3 aromatic rings. The molecule has 0 saturated carbocycles. The molecule has 0 atom stereocenters. The van der Waals surface area contributed by atoms with E-state index in [1.54, 1.807) is 12.1 Å². The molecule has 3 rings (SSSR count). The average Bonchev–Trinajstić information content (AvgIpc) is 3.02. The van der Waals surface area contributed by atoms with Crippen molar-refractivity contribution in [2.75, 3.05) is 0 Å². The van der Waals surface area contributed by atoms with E-state index in [2.05, 4.69) is 26.5 Å². The van der Waals surface area contributed by atoms with Gasteiger partial charge in [0.05, 0.1) is 12.1 Å². The van der Waals surface area contributed by atoms with Crippen molar-refractivity contribution in [3.63, 3.8) is 0 Å². The quantitative estimate of drug-likeness (QED) is 0.527. The van der Waals surface area contributed by atoms with Gasteiger partial charge in [-0.1, -0.05) is 60.7 Å². The minimum atomic E-state index is -0.423. The highest BCUT2D eigenvalue weighted by molar-refractivity contribution is 9.10. The van der Waals surface area contributed by atoms with Gasteiger partial charge in [0.25, 0.3) is 5.91 Å². The first-order valence-electron chi connectivity index (χ1n) is 7.42. The first-order valence-corrected chi connectivity index (χ1v) is 8.21. The Balaban J connectivity index is 1.80. The number of nitrogens with one attached hydrogen (secondary N) is 1. The molecule has 0 saturated heterocycles. The van der Waals surface area contributed by atoms with Crippen LogP contribution in [0.2, 0.25) is 0 Å². The van der Waals surface area contributed by atoms with Crippen LogP contribution in [0.4, 0.5) is 0 Å². The van der Waals surface area contributed by atoms with Crippen molar-refractivity contribution >= 4 is 28.1 Å². The Kier molecular flexibility index (Phi) is 5.23. The number of hydrazone groups is 1. The van der Waals surface area contributed by atoms with Crippen LogP contribution in [-0.2, 0) is 4.79 Å². The van der Waals surface area contributed by atoms with Crippen LogP contribution in [-0.4, -0.2) is 12.1 Å². The van der Waals surface area contributed by atoms with Crippen LogP contribution < -0.4 is 5.43 Å². The lowest BCUT2D eigenvalue weighted by Gasteiger charge is -2.16. The fourth-order valence-corrected chi connectivity index (χ4v) is 2.73. The molecule has 120 valence electrons. The van der Waals surface area contributed by atoms with Crippen LogP contribution >= 0.6 is 15.9 Å². The van der Waals surface area contributed by atoms with E-state index in [0.29, 0.717) is 10.4 Å². The smallest absolute Gasteiger partial charge is 0.252 e. The number of carbonyl (C=O) groups excluding carboxylic acids is 1. The Hall–Kier alpha value is -2.66. The maximum atomic E-state index is 12.7. The third-order valence-corrected chi connectivity index (χ3v) is 3.91. The first-order chi connectivity index (χ1) is 11.7. The molecule has 0 unspecified atom stereocenters. The molecule has 24 heavy (non-hydrogen) atoms. The predicted octanol–water partition coefficient (Wildman–Crippen LogP) is 4.32. The van der Waals surface area contributed by atoms with E-state index in [9.17, 15) is 4.79 Å². The molecule has 5 heteroatoms. The van der Waals surface area contributed by atoms with Crippen molar-refractivity contribution < 1.29 is 9.21 Å². The van der Waals surface area contributed by atoms with E-state index in [1.807, 2.05) is 60.7 Å². The van der Waals surface area contributed by atoms with Gasteiger partial charge in [-0.05, 0) is 39.2 Å². The summed E-state index contributed by atoms with van der Waals surface area (Å²) in [5.74, 6) is -0.0692. The van der Waals surface area contributed by atoms with Gasteiger partial charge >= 0.3 is 0 Å². The summed E-state index contributed by atoms with van der Waals surface area (Å²) in [5.41, 5.74) is 4.42. The van der Waals surface area contributed by atoms with Crippen molar-refractivity contribution in [3.05, 3.63) is 94.4 Å². The molecular formula is C19H15BrN2O2. The summed E-state index contributed by atoms with van der Waals surface area (Å²) in [5, 5.41) is 3.99. The van der Waals surface area contributed by atoms with Crippen LogP contribution in [0, 0.1) is 0 Å². The lowest BCUT2D eigenvalue weighted by Crippen LogP contribution is -2.26. The van der Waals surface area contributed by atoms with Gasteiger partial charge in [-0.15, -0.1) is 0 Å². The molecule has 1 aromatic heterocycles. The van der Waals surface area contributed by atoms with E-state index in [4.69, 9.17) is 4.42 Å². The fraction of sp³-hybridized carbons (Fsp3) is 0.0526. The van der Waals surface area contributed by atoms with Gasteiger partial charge < -0.3 is 4.42 Å². The monoisotopic (exact) mass is 382 g/mol. The Morgan fingerprint density at radius 2 is 1.54 bits per heavy atom. The van der Waals surface area contributed by atoms with Crippen molar-refractivity contribution in [1.29, 1.82) is 0 Å². The zero-order chi connectivity index (χ0) is 16.8. The van der Waals surface area contributed by atoms with E-state index < -0.39 is 5.92 Å². The number of benzene rings is 2. The van der Waals surface area contributed by atoms with Crippen LogP contribution in [0.5, 0.6) is 0 Å². The summed E-state index contributed by atoms with van der Waals surface area (Å²) in [4.78, 5) is 12.7. The van der Waals surface area contributed by atoms with Crippen molar-refractivity contribution in [1.82, 2.24) is 5.43 Å². The minimum Gasteiger partial charge on any atom is -0.448 e. The van der Waals surface area contributed by atoms with Gasteiger partial charge in [0.15, 0.2) is 4.67 Å². The second-order valence-corrected chi connectivity index (χ2v) is 5.91. The Morgan fingerprint density at radius 1 is 0.958 bits per heavy atom. The average molecular weight is 383 g/mol. The first kappa shape index (κ1) is 16.2. The number of hydrogen-bond acceptors (Lipinski definition) is 3. The van der Waals surface area contributed by atoms with E-state index in [0.717, 1.165) is 11.1 Å². The summed E-state index contributed by atoms with van der Waals surface area (Å²) in [6, 6.07) is 22.8. The second kappa shape index (κ2) is 7.75. The normalized spacial score (nSPS) is 11.1. The van der Waals surface area contributed by atoms with E-state index in [-0.39, 0.29) is 5.91 Å². The highest BCUT2D eigenvalue weighted by Crippen LogP contribution is 2.24. The van der Waals surface area contributed by atoms with Gasteiger partial charge in [0, 0.05) is 0 Å². The molecule has 4 nitrogen and oxygen atoms in total. The van der Waals surface area contributed by atoms with Crippen LogP contribution in [0.3, 0.4) is 0 Å². The molecule has 0 aliphatic heterocycles. The van der Waals surface area contributed by atoms with E-state index >= 15 is 0 Å². The molecule has 0 aliphatic rings. The Labute approximate surface area is 148 Å². The second-order valence-electron chi connectivity index (χ2n) is 5.13. The SMILES string of the molecule is O=C(N/N=C\c1ccc(Br)o1)C(c1ccccc1)c1ccccc1. The molecule has 1 heterocycles. The molecule has 1 amide bonds. The van der Waals surface area contributed by atoms with E-state index in [1.165, 1.54) is 6.21 Å². The lowest BCUT2D eigenvalue weighted by molar-refractivity contribution is -0.121. The molecule has 1 N–H and O–H groups in total. The number of amides is 1. The van der Waals surface area contributed by atoms with Crippen molar-refractivity contribution in [2.45, 2.75) is 5.92 Å². The third-order valence-electron chi connectivity index (χ3n) is 3.49. The van der Waals surface area contributed by atoms with Gasteiger partial charge in [0.1, 0.15) is 5.76 Å². The van der Waals surface area contributed by atoms with Crippen molar-refractivity contribution in [2.24, 2.45) is 5.10 Å². The van der Waals surface area contributed by atoms with Crippen LogP contribution in [0.15, 0.2) is 87.0 Å². The molecule has 0 bridgehead atoms. The van der Waals surface area contributed by atoms with Gasteiger partial charge in [-0.3, -0.25) is 4.79 Å². The molecule has 0 radical (unpaired) electrons. The van der Waals surface area contributed by atoms with Gasteiger partial charge in [0.2, 0.25) is 0 Å². The lowest BCUT2D eigenvalue weighted by atomic mass is 9.91. The third kappa shape index (κ3) is 4.00. The fourth-order valence-electron chi connectivity index (χ4n) is 2.41. The Morgan fingerprint density at radius 3 is 2.04 bits per heavy atom. The molecular weight excluding hydrogens is 368 g/mol. The van der Waals surface area contributed by atoms with Crippen LogP contribution in [0.1, 0.15) is 22.8 Å². The highest BCUT2D eigenvalue weighted by Gasteiger charge is 2.22. The zero-order valence-electron chi connectivity index (χ0n) is 12.7. The largest absolute Gasteiger partial charge is 0.448 e. The standard InChI is InChI=1S/C19H15BrN2O2/c20-17-12-11-16(24-17)13-21-22-19(23)18(14-7-3-1-4-8-14)15-9-5-2-6-10-15/h1-13,18H,(H,22,23)/b21-13-. The summed E-state index contributed by atoms with van der Waals surface area (Å²) in [6.07, 6.45) is 1.47. The number of hydrogen-bond donors (Lipinski definition) is 1. The number of halogens is 1. The predicted molar refractivity (Wildman–Crippen MR) is 96.9 cm³/mol. The summed E-state index contributed by atoms with van der Waals surface area (Å²) in [7, 11) is 0. The highest BCUT2D eigenvalue weighted by atomic mass is 79.9. The molecule has 0 spiro atoms. The number of furan rings is 1. The molecule has 0 fully saturated rings. The van der Waals surface area contributed by atoms with Gasteiger partial charge in [-0.25, -0.2) is 5.43 Å². The summed E-state index contributed by atoms with van der Waals surface area (Å²) in [6.45, 7) is 0. The maximum absolute atomic E-state index is 12.7.